The number of aliphatic imine (C=N–C) groups is 2. The predicted octanol–water partition coefficient (Wildman–Crippen LogP) is -5.12. The molecular formula is C53H84N16O14S. The average molecular weight is 1200 g/mol. The van der Waals surface area contributed by atoms with Crippen LogP contribution in [0, 0.1) is 5.92 Å². The van der Waals surface area contributed by atoms with Gasteiger partial charge in [-0.3, -0.25) is 53.1 Å². The number of hydrogen-bond acceptors (Lipinski definition) is 17. The van der Waals surface area contributed by atoms with Gasteiger partial charge in [-0.25, -0.2) is 4.79 Å². The van der Waals surface area contributed by atoms with E-state index >= 15 is 0 Å². The highest BCUT2D eigenvalue weighted by Crippen LogP contribution is 2.14. The van der Waals surface area contributed by atoms with Crippen LogP contribution in [0.15, 0.2) is 64.6 Å². The van der Waals surface area contributed by atoms with Crippen molar-refractivity contribution in [3.05, 3.63) is 65.7 Å². The number of carboxylic acid groups (broad SMARTS) is 1. The van der Waals surface area contributed by atoms with Crippen LogP contribution >= 0.6 is 11.8 Å². The molecule has 0 aromatic heterocycles. The highest BCUT2D eigenvalue weighted by Gasteiger charge is 2.35. The molecule has 2 rings (SSSR count). The number of aliphatic carboxylic acids is 1. The number of guanidine groups is 2. The molecule has 0 aliphatic rings. The SMILES string of the molecule is CSCC[C@H](N)C(=O)N[C@@H](CC(C)C)C(=O)N[C@@H](CO)C(=O)N[C@@H](C)C(=O)N[C@@H](Cc1ccccc1)C(=O)N[C@@H](CO)C(=O)N[C@@H](CCCN=C(N)N)C(=O)N[C@@H](Cc1ccc(O)cc1)C(=O)N[C@@H](C)C(=O)N[C@@H](CCCN=C(N)N)C(=O)O. The van der Waals surface area contributed by atoms with Gasteiger partial charge in [0.1, 0.15) is 60.1 Å². The van der Waals surface area contributed by atoms with Gasteiger partial charge >= 0.3 is 5.97 Å². The number of nitrogens with zero attached hydrogens (tertiary/aromatic N) is 2. The zero-order valence-corrected chi connectivity index (χ0v) is 48.6. The number of carbonyl (C=O) groups is 10. The molecule has 0 saturated heterocycles. The second kappa shape index (κ2) is 37.7. The van der Waals surface area contributed by atoms with Gasteiger partial charge in [-0.1, -0.05) is 56.3 Å². The molecule has 0 heterocycles. The van der Waals surface area contributed by atoms with Crippen molar-refractivity contribution in [1.82, 2.24) is 47.9 Å². The van der Waals surface area contributed by atoms with E-state index < -0.39 is 133 Å². The zero-order chi connectivity index (χ0) is 63.1. The van der Waals surface area contributed by atoms with Crippen LogP contribution in [0.25, 0.3) is 0 Å². The Morgan fingerprint density at radius 2 is 0.869 bits per heavy atom. The summed E-state index contributed by atoms with van der Waals surface area (Å²) in [6, 6.07) is -0.268. The zero-order valence-electron chi connectivity index (χ0n) is 47.8. The number of aliphatic hydroxyl groups is 2. The topological polar surface area (TPSA) is 515 Å². The lowest BCUT2D eigenvalue weighted by atomic mass is 10.0. The van der Waals surface area contributed by atoms with Gasteiger partial charge in [0, 0.05) is 25.9 Å². The smallest absolute Gasteiger partial charge is 0.326 e. The minimum absolute atomic E-state index is 0.0421. The molecule has 2 aromatic carbocycles. The first-order valence-electron chi connectivity index (χ1n) is 27.0. The van der Waals surface area contributed by atoms with E-state index in [1.165, 1.54) is 49.9 Å². The van der Waals surface area contributed by atoms with E-state index in [1.807, 2.05) is 20.1 Å². The minimum atomic E-state index is -1.79. The summed E-state index contributed by atoms with van der Waals surface area (Å²) in [5.74, 6) is -9.70. The first-order chi connectivity index (χ1) is 39.7. The summed E-state index contributed by atoms with van der Waals surface area (Å²) in [5, 5.41) is 62.5. The summed E-state index contributed by atoms with van der Waals surface area (Å²) in [6.45, 7) is 4.22. The van der Waals surface area contributed by atoms with Crippen molar-refractivity contribution in [1.29, 1.82) is 0 Å². The molecule has 0 fully saturated rings. The summed E-state index contributed by atoms with van der Waals surface area (Å²) < 4.78 is 0. The Bertz CT molecular complexity index is 2560. The van der Waals surface area contributed by atoms with Crippen LogP contribution < -0.4 is 76.5 Å². The molecule has 84 heavy (non-hydrogen) atoms. The molecular weight excluding hydrogens is 1120 g/mol. The normalized spacial score (nSPS) is 14.5. The fourth-order valence-corrected chi connectivity index (χ4v) is 8.35. The van der Waals surface area contributed by atoms with Crippen LogP contribution in [0.1, 0.15) is 77.3 Å². The minimum Gasteiger partial charge on any atom is -0.508 e. The number of benzene rings is 2. The third-order valence-electron chi connectivity index (χ3n) is 12.5. The first-order valence-corrected chi connectivity index (χ1v) is 28.4. The van der Waals surface area contributed by atoms with E-state index in [0.717, 1.165) is 0 Å². The fraction of sp³-hybridized carbons (Fsp3) is 0.547. The Balaban J connectivity index is 2.37. The third-order valence-corrected chi connectivity index (χ3v) is 13.2. The van der Waals surface area contributed by atoms with Crippen molar-refractivity contribution in [3.63, 3.8) is 0 Å². The number of rotatable bonds is 38. The van der Waals surface area contributed by atoms with Crippen molar-refractivity contribution in [2.75, 3.05) is 38.3 Å². The Labute approximate surface area is 491 Å². The van der Waals surface area contributed by atoms with Crippen molar-refractivity contribution in [3.8, 4) is 5.75 Å². The van der Waals surface area contributed by atoms with E-state index in [-0.39, 0.29) is 81.6 Å². The molecule has 31 heteroatoms. The second-order valence-corrected chi connectivity index (χ2v) is 21.1. The van der Waals surface area contributed by atoms with Gasteiger partial charge in [0.15, 0.2) is 11.9 Å². The van der Waals surface area contributed by atoms with Crippen molar-refractivity contribution in [2.45, 2.75) is 139 Å². The Hall–Kier alpha value is -8.29. The second-order valence-electron chi connectivity index (χ2n) is 20.1. The number of nitrogens with two attached hydrogens (primary N) is 5. The van der Waals surface area contributed by atoms with Gasteiger partial charge in [-0.05, 0) is 93.6 Å². The Morgan fingerprint density at radius 1 is 0.488 bits per heavy atom. The maximum atomic E-state index is 14.3. The van der Waals surface area contributed by atoms with Crippen LogP contribution in [-0.2, 0) is 60.8 Å². The average Bonchev–Trinajstić information content (AvgIpc) is 3.56. The molecule has 30 nitrogen and oxygen atoms in total. The molecule has 0 unspecified atom stereocenters. The predicted molar refractivity (Wildman–Crippen MR) is 313 cm³/mol. The fourth-order valence-electron chi connectivity index (χ4n) is 7.86. The number of phenols is 1. The molecule has 0 saturated carbocycles. The maximum absolute atomic E-state index is 14.3. The standard InChI is InChI=1S/C53H84N16O14S/c1-28(2)23-37(66-44(75)34(54)19-22-84-5)47(78)68-40(26-70)49(80)62-30(4)43(74)65-39(24-31-11-7-6-8-12-31)48(79)69-41(27-71)50(81)63-35(13-9-20-59-52(55)56)45(76)67-38(25-32-15-17-33(72)18-16-32)46(77)61-29(3)42(73)64-36(51(82)83)14-10-21-60-53(57)58/h6-8,11-12,15-18,28-30,34-41,70-72H,9-10,13-14,19-27,54H2,1-5H3,(H,61,77)(H,62,80)(H,63,81)(H,64,73)(H,65,74)(H,66,75)(H,67,76)(H,68,78)(H,69,79)(H,82,83)(H4,55,56,59)(H4,57,58,60)/t29-,30-,34-,35-,36-,37-,38-,39-,40-,41-/m0/s1. The molecule has 0 bridgehead atoms. The van der Waals surface area contributed by atoms with Gasteiger partial charge < -0.3 is 96.9 Å². The first kappa shape index (κ1) is 71.8. The van der Waals surface area contributed by atoms with Crippen LogP contribution in [-0.4, -0.2) is 190 Å². The largest absolute Gasteiger partial charge is 0.508 e. The molecule has 10 atom stereocenters. The third kappa shape index (κ3) is 27.2. The number of phenolic OH excluding ortho intramolecular Hbond substituents is 1. The van der Waals surface area contributed by atoms with Gasteiger partial charge in [0.25, 0.3) is 0 Å². The lowest BCUT2D eigenvalue weighted by Gasteiger charge is -2.27. The molecule has 0 radical (unpaired) electrons. The molecule has 9 amide bonds. The maximum Gasteiger partial charge on any atom is 0.326 e. The van der Waals surface area contributed by atoms with Crippen LogP contribution in [0.2, 0.25) is 0 Å². The molecule has 0 aliphatic carbocycles. The summed E-state index contributed by atoms with van der Waals surface area (Å²) in [5.41, 5.74) is 28.6. The number of carboxylic acids is 1. The van der Waals surface area contributed by atoms with Crippen molar-refractivity contribution < 1.29 is 68.4 Å². The summed E-state index contributed by atoms with van der Waals surface area (Å²) >= 11 is 1.49. The highest BCUT2D eigenvalue weighted by atomic mass is 32.2. The monoisotopic (exact) mass is 1200 g/mol. The van der Waals surface area contributed by atoms with Gasteiger partial charge in [0.2, 0.25) is 53.2 Å². The summed E-state index contributed by atoms with van der Waals surface area (Å²) in [7, 11) is 0. The number of amides is 9. The van der Waals surface area contributed by atoms with E-state index in [9.17, 15) is 68.4 Å². The summed E-state index contributed by atoms with van der Waals surface area (Å²) in [4.78, 5) is 143. The molecule has 23 N–H and O–H groups in total. The molecule has 0 spiro atoms. The van der Waals surface area contributed by atoms with E-state index in [4.69, 9.17) is 28.7 Å². The lowest BCUT2D eigenvalue weighted by Crippen LogP contribution is -2.61. The van der Waals surface area contributed by atoms with E-state index in [1.54, 1.807) is 30.3 Å². The Kier molecular flexibility index (Phi) is 32.3. The number of nitrogens with one attached hydrogen (secondary N) is 9. The van der Waals surface area contributed by atoms with Gasteiger partial charge in [0.05, 0.1) is 19.3 Å². The molecule has 466 valence electrons. The van der Waals surface area contributed by atoms with Gasteiger partial charge in [-0.15, -0.1) is 0 Å². The number of aliphatic hydroxyl groups excluding tert-OH is 2. The highest BCUT2D eigenvalue weighted by molar-refractivity contribution is 7.98. The number of thioether (sulfide) groups is 1. The van der Waals surface area contributed by atoms with Crippen molar-refractivity contribution in [2.24, 2.45) is 44.6 Å². The van der Waals surface area contributed by atoms with E-state index in [0.29, 0.717) is 23.3 Å². The summed E-state index contributed by atoms with van der Waals surface area (Å²) in [6.07, 6.45) is 1.87. The quantitative estimate of drug-likeness (QED) is 0.0170. The van der Waals surface area contributed by atoms with Gasteiger partial charge in [-0.2, -0.15) is 11.8 Å². The number of aromatic hydroxyl groups is 1. The van der Waals surface area contributed by atoms with Crippen LogP contribution in [0.4, 0.5) is 0 Å². The number of hydrogen-bond donors (Lipinski definition) is 18. The lowest BCUT2D eigenvalue weighted by molar-refractivity contribution is -0.142. The van der Waals surface area contributed by atoms with E-state index in [2.05, 4.69) is 57.8 Å². The Morgan fingerprint density at radius 3 is 1.33 bits per heavy atom. The van der Waals surface area contributed by atoms with Crippen LogP contribution in [0.3, 0.4) is 0 Å². The van der Waals surface area contributed by atoms with Crippen LogP contribution in [0.5, 0.6) is 5.75 Å². The van der Waals surface area contributed by atoms with Crippen molar-refractivity contribution >= 4 is 82.8 Å². The number of carbonyl (C=O) groups excluding carboxylic acids is 9. The molecule has 2 aromatic rings. The molecule has 0 aliphatic heterocycles.